The third-order valence-electron chi connectivity index (χ3n) is 16.0. The lowest BCUT2D eigenvalue weighted by Gasteiger charge is -2.42. The molecule has 3 aliphatic rings. The van der Waals surface area contributed by atoms with Crippen LogP contribution in [0, 0.1) is 0 Å². The van der Waals surface area contributed by atoms with E-state index in [2.05, 4.69) is 254 Å². The van der Waals surface area contributed by atoms with Crippen molar-refractivity contribution in [2.45, 2.75) is 97.8 Å². The van der Waals surface area contributed by atoms with Crippen LogP contribution in [0.5, 0.6) is 0 Å². The maximum atomic E-state index is 6.70. The van der Waals surface area contributed by atoms with Crippen LogP contribution >= 0.6 is 0 Å². The van der Waals surface area contributed by atoms with Gasteiger partial charge in [-0.3, -0.25) is 0 Å². The molecular formula is C65H60BN3O. The van der Waals surface area contributed by atoms with E-state index in [9.17, 15) is 0 Å². The van der Waals surface area contributed by atoms with Crippen molar-refractivity contribution < 1.29 is 4.42 Å². The monoisotopic (exact) mass is 909 g/mol. The van der Waals surface area contributed by atoms with Crippen LogP contribution in [0.1, 0.15) is 104 Å². The van der Waals surface area contributed by atoms with Crippen LogP contribution < -0.4 is 26.2 Å². The van der Waals surface area contributed by atoms with Gasteiger partial charge >= 0.3 is 0 Å². The summed E-state index contributed by atoms with van der Waals surface area (Å²) in [6, 6.07) is 62.3. The SMILES string of the molecule is CC(C)(C)c1ccc(N(c2ccc(C(C)(C)C)cc2)c2cc3c4c(c2)-n2c5c(c6cccc(c62)B4c2ccc(C(C)(C)C)cc2N3c2cccc3oc4ccccc4c23)-c2ccccc2C5(C)C)cc1. The van der Waals surface area contributed by atoms with Crippen molar-refractivity contribution in [1.82, 2.24) is 4.57 Å². The van der Waals surface area contributed by atoms with E-state index in [-0.39, 0.29) is 28.4 Å². The summed E-state index contributed by atoms with van der Waals surface area (Å²) in [4.78, 5) is 5.10. The lowest BCUT2D eigenvalue weighted by atomic mass is 9.33. The minimum atomic E-state index is -0.266. The predicted molar refractivity (Wildman–Crippen MR) is 298 cm³/mol. The number of rotatable bonds is 4. The van der Waals surface area contributed by atoms with Gasteiger partial charge in [-0.2, -0.15) is 0 Å². The van der Waals surface area contributed by atoms with Crippen LogP contribution in [0.15, 0.2) is 168 Å². The number of hydrogen-bond acceptors (Lipinski definition) is 3. The number of benzene rings is 8. The average molecular weight is 910 g/mol. The van der Waals surface area contributed by atoms with Gasteiger partial charge in [-0.05, 0) is 121 Å². The summed E-state index contributed by atoms with van der Waals surface area (Å²) < 4.78 is 9.40. The summed E-state index contributed by atoms with van der Waals surface area (Å²) in [5.41, 5.74) is 24.2. The molecule has 70 heavy (non-hydrogen) atoms. The summed E-state index contributed by atoms with van der Waals surface area (Å²) in [5, 5.41) is 3.55. The minimum Gasteiger partial charge on any atom is -0.456 e. The normalized spacial score (nSPS) is 14.6. The first kappa shape index (κ1) is 42.8. The molecule has 0 saturated carbocycles. The molecule has 8 aromatic carbocycles. The number of anilines is 6. The number of fused-ring (bicyclic) bond motifs is 12. The standard InChI is InChI=1S/C65H60BN3O/c1-62(2,3)39-26-31-42(32-27-39)67(43-33-28-40(29-34-43)63(4,5)6)44-37-53-59-54(38-44)69-60-47(57-45-18-12-14-21-48(45)65(10,11)61(57)69)20-16-22-50(60)66(59)49-35-30-41(64(7,8)9)36-52(49)68(53)51-23-17-25-56-58(51)46-19-13-15-24-55(46)70-56/h12-38H,1-11H3. The zero-order valence-electron chi connectivity index (χ0n) is 42.4. The molecule has 1 aliphatic carbocycles. The highest BCUT2D eigenvalue weighted by atomic mass is 16.3. The van der Waals surface area contributed by atoms with Gasteiger partial charge in [0, 0.05) is 61.4 Å². The molecule has 4 nitrogen and oxygen atoms in total. The summed E-state index contributed by atoms with van der Waals surface area (Å²) in [5.74, 6) is 0. The van der Waals surface area contributed by atoms with Crippen molar-refractivity contribution in [2.75, 3.05) is 9.80 Å². The van der Waals surface area contributed by atoms with E-state index < -0.39 is 0 Å². The summed E-state index contributed by atoms with van der Waals surface area (Å²) in [6.07, 6.45) is 0. The molecule has 0 amide bonds. The number of para-hydroxylation sites is 2. The average Bonchev–Trinajstić information content (AvgIpc) is 3.97. The van der Waals surface area contributed by atoms with E-state index in [1.165, 1.54) is 83.4 Å². The second kappa shape index (κ2) is 14.4. The molecule has 0 bridgehead atoms. The molecule has 4 heterocycles. The maximum Gasteiger partial charge on any atom is 0.252 e. The van der Waals surface area contributed by atoms with Crippen molar-refractivity contribution >= 4 is 90.1 Å². The second-order valence-corrected chi connectivity index (χ2v) is 23.8. The smallest absolute Gasteiger partial charge is 0.252 e. The second-order valence-electron chi connectivity index (χ2n) is 23.8. The lowest BCUT2D eigenvalue weighted by molar-refractivity contribution is 0.590. The first-order valence-electron chi connectivity index (χ1n) is 25.2. The molecule has 0 fully saturated rings. The van der Waals surface area contributed by atoms with Crippen molar-refractivity contribution in [1.29, 1.82) is 0 Å². The highest BCUT2D eigenvalue weighted by molar-refractivity contribution is 7.00. The van der Waals surface area contributed by atoms with Crippen LogP contribution in [-0.2, 0) is 21.7 Å². The Morgan fingerprint density at radius 1 is 0.486 bits per heavy atom. The Morgan fingerprint density at radius 2 is 1.07 bits per heavy atom. The quantitative estimate of drug-likeness (QED) is 0.165. The molecule has 0 atom stereocenters. The molecule has 0 radical (unpaired) electrons. The van der Waals surface area contributed by atoms with Crippen LogP contribution in [0.3, 0.4) is 0 Å². The summed E-state index contributed by atoms with van der Waals surface area (Å²) >= 11 is 0. The number of nitrogens with zero attached hydrogens (tertiary/aromatic N) is 3. The van der Waals surface area contributed by atoms with Gasteiger partial charge in [-0.15, -0.1) is 0 Å². The van der Waals surface area contributed by atoms with Gasteiger partial charge < -0.3 is 18.8 Å². The topological polar surface area (TPSA) is 24.6 Å². The number of furan rings is 1. The molecule has 5 heteroatoms. The van der Waals surface area contributed by atoms with E-state index in [0.717, 1.165) is 44.7 Å². The first-order chi connectivity index (χ1) is 33.4. The molecule has 2 aromatic heterocycles. The summed E-state index contributed by atoms with van der Waals surface area (Å²) in [7, 11) is 0. The Bertz CT molecular complexity index is 3750. The van der Waals surface area contributed by atoms with E-state index in [1.54, 1.807) is 0 Å². The van der Waals surface area contributed by atoms with Gasteiger partial charge in [0.25, 0.3) is 6.71 Å². The third-order valence-corrected chi connectivity index (χ3v) is 16.0. The van der Waals surface area contributed by atoms with Crippen LogP contribution in [0.25, 0.3) is 49.7 Å². The van der Waals surface area contributed by atoms with Crippen molar-refractivity contribution in [3.8, 4) is 16.8 Å². The fraction of sp³-hybridized carbons (Fsp3) is 0.231. The van der Waals surface area contributed by atoms with Gasteiger partial charge in [0.05, 0.1) is 16.8 Å². The molecule has 10 aromatic rings. The molecule has 0 spiro atoms. The Morgan fingerprint density at radius 3 is 1.76 bits per heavy atom. The molecule has 0 saturated heterocycles. The first-order valence-corrected chi connectivity index (χ1v) is 25.2. The molecule has 13 rings (SSSR count). The third kappa shape index (κ3) is 6.03. The molecular weight excluding hydrogens is 850 g/mol. The van der Waals surface area contributed by atoms with E-state index in [4.69, 9.17) is 4.42 Å². The zero-order valence-corrected chi connectivity index (χ0v) is 42.4. The predicted octanol–water partition coefficient (Wildman–Crippen LogP) is 15.8. The van der Waals surface area contributed by atoms with Crippen LogP contribution in [-0.4, -0.2) is 11.3 Å². The maximum absolute atomic E-state index is 6.70. The largest absolute Gasteiger partial charge is 0.456 e. The van der Waals surface area contributed by atoms with E-state index >= 15 is 0 Å². The Balaban J connectivity index is 1.20. The van der Waals surface area contributed by atoms with Crippen molar-refractivity contribution in [3.63, 3.8) is 0 Å². The summed E-state index contributed by atoms with van der Waals surface area (Å²) in [6.45, 7) is 25.6. The van der Waals surface area contributed by atoms with Crippen LogP contribution in [0.2, 0.25) is 0 Å². The highest BCUT2D eigenvalue weighted by Crippen LogP contribution is 2.56. The molecule has 2 aliphatic heterocycles. The van der Waals surface area contributed by atoms with Gasteiger partial charge in [0.15, 0.2) is 0 Å². The van der Waals surface area contributed by atoms with Gasteiger partial charge in [-0.25, -0.2) is 0 Å². The van der Waals surface area contributed by atoms with Gasteiger partial charge in [0.2, 0.25) is 0 Å². The zero-order chi connectivity index (χ0) is 48.4. The minimum absolute atomic E-state index is 0.0126. The molecule has 344 valence electrons. The van der Waals surface area contributed by atoms with E-state index in [1.807, 2.05) is 0 Å². The Kier molecular flexibility index (Phi) is 8.82. The van der Waals surface area contributed by atoms with Gasteiger partial charge in [0.1, 0.15) is 11.2 Å². The van der Waals surface area contributed by atoms with E-state index in [0.29, 0.717) is 0 Å². The fourth-order valence-electron chi connectivity index (χ4n) is 12.4. The highest BCUT2D eigenvalue weighted by Gasteiger charge is 2.48. The van der Waals surface area contributed by atoms with Crippen LogP contribution in [0.4, 0.5) is 34.1 Å². The van der Waals surface area contributed by atoms with Crippen molar-refractivity contribution in [3.05, 3.63) is 192 Å². The molecule has 0 unspecified atom stereocenters. The number of aromatic nitrogens is 1. The Labute approximate surface area is 413 Å². The number of hydrogen-bond donors (Lipinski definition) is 0. The fourth-order valence-corrected chi connectivity index (χ4v) is 12.4. The van der Waals surface area contributed by atoms with Crippen molar-refractivity contribution in [2.24, 2.45) is 0 Å². The Hall–Kier alpha value is -7.24. The van der Waals surface area contributed by atoms with Gasteiger partial charge in [-0.1, -0.05) is 179 Å². The molecule has 0 N–H and O–H groups in total. The lowest BCUT2D eigenvalue weighted by Crippen LogP contribution is -2.60.